The summed E-state index contributed by atoms with van der Waals surface area (Å²) in [6.07, 6.45) is 0.0806. The van der Waals surface area contributed by atoms with Crippen LogP contribution in [-0.2, 0) is 20.7 Å². The Hall–Kier alpha value is -0.880. The molecule has 0 saturated heterocycles. The van der Waals surface area contributed by atoms with Gasteiger partial charge in [-0.25, -0.2) is 4.79 Å². The molecule has 0 spiro atoms. The molecule has 1 aromatic heterocycles. The lowest BCUT2D eigenvalue weighted by Gasteiger charge is -2.00. The number of halogens is 1. The first kappa shape index (κ1) is 12.2. The van der Waals surface area contributed by atoms with Gasteiger partial charge in [0.1, 0.15) is 0 Å². The SMILES string of the molecule is COC(=O)Cc1sc(Br)cc1C(=O)OC. The highest BCUT2D eigenvalue weighted by Gasteiger charge is 2.18. The zero-order valence-corrected chi connectivity index (χ0v) is 10.6. The van der Waals surface area contributed by atoms with E-state index in [0.29, 0.717) is 10.4 Å². The second-order valence-corrected chi connectivity index (χ2v) is 5.15. The van der Waals surface area contributed by atoms with Crippen molar-refractivity contribution in [2.45, 2.75) is 6.42 Å². The van der Waals surface area contributed by atoms with Crippen molar-refractivity contribution in [3.63, 3.8) is 0 Å². The van der Waals surface area contributed by atoms with Crippen molar-refractivity contribution in [1.29, 1.82) is 0 Å². The summed E-state index contributed by atoms with van der Waals surface area (Å²) in [7, 11) is 2.61. The second-order valence-electron chi connectivity index (χ2n) is 2.63. The Kier molecular flexibility index (Phi) is 4.28. The maximum Gasteiger partial charge on any atom is 0.339 e. The standard InChI is InChI=1S/C9H9BrO4S/c1-13-8(11)4-6-5(9(12)14-2)3-7(10)15-6/h3H,4H2,1-2H3. The number of carbonyl (C=O) groups excluding carboxylic acids is 2. The largest absolute Gasteiger partial charge is 0.469 e. The first-order valence-electron chi connectivity index (χ1n) is 4.01. The van der Waals surface area contributed by atoms with Crippen LogP contribution in [0.15, 0.2) is 9.85 Å². The maximum atomic E-state index is 11.3. The molecule has 0 amide bonds. The van der Waals surface area contributed by atoms with Crippen LogP contribution in [0.5, 0.6) is 0 Å². The van der Waals surface area contributed by atoms with Crippen LogP contribution >= 0.6 is 27.3 Å². The van der Waals surface area contributed by atoms with E-state index in [0.717, 1.165) is 3.79 Å². The summed E-state index contributed by atoms with van der Waals surface area (Å²) in [6, 6.07) is 1.63. The van der Waals surface area contributed by atoms with Gasteiger partial charge >= 0.3 is 11.9 Å². The molecular formula is C9H9BrO4S. The van der Waals surface area contributed by atoms with Gasteiger partial charge in [-0.1, -0.05) is 0 Å². The number of thiophene rings is 1. The van der Waals surface area contributed by atoms with Gasteiger partial charge in [0.25, 0.3) is 0 Å². The van der Waals surface area contributed by atoms with Crippen molar-refractivity contribution in [3.8, 4) is 0 Å². The Labute approximate surface area is 99.3 Å². The predicted molar refractivity (Wildman–Crippen MR) is 59.1 cm³/mol. The molecule has 6 heteroatoms. The molecule has 0 fully saturated rings. The normalized spacial score (nSPS) is 9.80. The Balaban J connectivity index is 2.96. The lowest BCUT2D eigenvalue weighted by atomic mass is 10.2. The lowest BCUT2D eigenvalue weighted by molar-refractivity contribution is -0.139. The molecule has 82 valence electrons. The summed E-state index contributed by atoms with van der Waals surface area (Å²) in [6.45, 7) is 0. The first-order chi connectivity index (χ1) is 7.08. The van der Waals surface area contributed by atoms with Crippen LogP contribution in [0, 0.1) is 0 Å². The van der Waals surface area contributed by atoms with Crippen LogP contribution < -0.4 is 0 Å². The maximum absolute atomic E-state index is 11.3. The zero-order chi connectivity index (χ0) is 11.4. The van der Waals surface area contributed by atoms with E-state index >= 15 is 0 Å². The Bertz CT molecular complexity index is 385. The third kappa shape index (κ3) is 3.04. The van der Waals surface area contributed by atoms with Gasteiger partial charge in [0.15, 0.2) is 0 Å². The average molecular weight is 293 g/mol. The molecule has 0 atom stereocenters. The molecule has 0 aliphatic carbocycles. The van der Waals surface area contributed by atoms with Gasteiger partial charge in [0.2, 0.25) is 0 Å². The van der Waals surface area contributed by atoms with E-state index in [-0.39, 0.29) is 12.4 Å². The molecule has 1 heterocycles. The predicted octanol–water partition coefficient (Wildman–Crippen LogP) is 2.01. The highest BCUT2D eigenvalue weighted by Crippen LogP contribution is 2.28. The minimum absolute atomic E-state index is 0.0806. The fourth-order valence-corrected chi connectivity index (χ4v) is 2.68. The van der Waals surface area contributed by atoms with Crippen LogP contribution in [0.2, 0.25) is 0 Å². The van der Waals surface area contributed by atoms with Crippen molar-refractivity contribution < 1.29 is 19.1 Å². The van der Waals surface area contributed by atoms with Gasteiger partial charge in [-0.2, -0.15) is 0 Å². The summed E-state index contributed by atoms with van der Waals surface area (Å²) in [4.78, 5) is 23.0. The van der Waals surface area contributed by atoms with E-state index in [2.05, 4.69) is 25.4 Å². The van der Waals surface area contributed by atoms with Gasteiger partial charge in [-0.05, 0) is 22.0 Å². The third-order valence-corrected chi connectivity index (χ3v) is 3.35. The van der Waals surface area contributed by atoms with Crippen molar-refractivity contribution in [2.75, 3.05) is 14.2 Å². The minimum atomic E-state index is -0.448. The van der Waals surface area contributed by atoms with Gasteiger partial charge in [-0.15, -0.1) is 11.3 Å². The van der Waals surface area contributed by atoms with Crippen LogP contribution in [0.3, 0.4) is 0 Å². The summed E-state index contributed by atoms with van der Waals surface area (Å²) < 4.78 is 9.91. The molecule has 0 saturated carbocycles. The third-order valence-electron chi connectivity index (χ3n) is 1.72. The Morgan fingerprint density at radius 3 is 2.60 bits per heavy atom. The molecule has 0 bridgehead atoms. The van der Waals surface area contributed by atoms with Crippen molar-refractivity contribution in [1.82, 2.24) is 0 Å². The Morgan fingerprint density at radius 1 is 1.40 bits per heavy atom. The van der Waals surface area contributed by atoms with Crippen LogP contribution in [-0.4, -0.2) is 26.2 Å². The molecule has 0 aliphatic heterocycles. The lowest BCUT2D eigenvalue weighted by Crippen LogP contribution is -2.08. The fraction of sp³-hybridized carbons (Fsp3) is 0.333. The van der Waals surface area contributed by atoms with E-state index in [9.17, 15) is 9.59 Å². The average Bonchev–Trinajstić information content (AvgIpc) is 2.58. The number of hydrogen-bond donors (Lipinski definition) is 0. The smallest absolute Gasteiger partial charge is 0.339 e. The summed E-state index contributed by atoms with van der Waals surface area (Å²) in [5.74, 6) is -0.828. The summed E-state index contributed by atoms with van der Waals surface area (Å²) >= 11 is 4.57. The molecule has 15 heavy (non-hydrogen) atoms. The topological polar surface area (TPSA) is 52.6 Å². The minimum Gasteiger partial charge on any atom is -0.469 e. The van der Waals surface area contributed by atoms with E-state index in [4.69, 9.17) is 0 Å². The number of esters is 2. The molecule has 0 N–H and O–H groups in total. The monoisotopic (exact) mass is 292 g/mol. The molecule has 0 aromatic carbocycles. The van der Waals surface area contributed by atoms with E-state index in [1.165, 1.54) is 25.6 Å². The molecule has 4 nitrogen and oxygen atoms in total. The zero-order valence-electron chi connectivity index (χ0n) is 8.20. The number of ether oxygens (including phenoxy) is 2. The summed E-state index contributed by atoms with van der Waals surface area (Å²) in [5.41, 5.74) is 0.403. The molecule has 0 unspecified atom stereocenters. The molecular weight excluding hydrogens is 284 g/mol. The van der Waals surface area contributed by atoms with Crippen molar-refractivity contribution in [2.24, 2.45) is 0 Å². The Morgan fingerprint density at radius 2 is 2.07 bits per heavy atom. The quantitative estimate of drug-likeness (QED) is 0.800. The van der Waals surface area contributed by atoms with Crippen LogP contribution in [0.1, 0.15) is 15.2 Å². The molecule has 0 aliphatic rings. The van der Waals surface area contributed by atoms with E-state index in [1.54, 1.807) is 6.07 Å². The summed E-state index contributed by atoms with van der Waals surface area (Å²) in [5, 5.41) is 0. The van der Waals surface area contributed by atoms with Gasteiger partial charge in [0.05, 0.1) is 30.0 Å². The number of methoxy groups -OCH3 is 2. The fourth-order valence-electron chi connectivity index (χ4n) is 1.01. The van der Waals surface area contributed by atoms with Crippen LogP contribution in [0.25, 0.3) is 0 Å². The van der Waals surface area contributed by atoms with Crippen LogP contribution in [0.4, 0.5) is 0 Å². The second kappa shape index (κ2) is 5.27. The molecule has 1 rings (SSSR count). The van der Waals surface area contributed by atoms with Crippen molar-refractivity contribution in [3.05, 3.63) is 20.3 Å². The first-order valence-corrected chi connectivity index (χ1v) is 5.62. The number of hydrogen-bond acceptors (Lipinski definition) is 5. The van der Waals surface area contributed by atoms with Gasteiger partial charge in [0, 0.05) is 4.88 Å². The van der Waals surface area contributed by atoms with Gasteiger partial charge < -0.3 is 9.47 Å². The highest BCUT2D eigenvalue weighted by atomic mass is 79.9. The van der Waals surface area contributed by atoms with E-state index < -0.39 is 5.97 Å². The highest BCUT2D eigenvalue weighted by molar-refractivity contribution is 9.11. The number of carbonyl (C=O) groups is 2. The van der Waals surface area contributed by atoms with Crippen molar-refractivity contribution >= 4 is 39.2 Å². The van der Waals surface area contributed by atoms with Gasteiger partial charge in [-0.3, -0.25) is 4.79 Å². The van der Waals surface area contributed by atoms with E-state index in [1.807, 2.05) is 0 Å². The number of rotatable bonds is 3. The molecule has 0 radical (unpaired) electrons. The molecule has 1 aromatic rings.